The van der Waals surface area contributed by atoms with Crippen LogP contribution in [0.3, 0.4) is 0 Å². The molecule has 2 aliphatic carbocycles. The van der Waals surface area contributed by atoms with Crippen molar-refractivity contribution in [3.05, 3.63) is 82.4 Å². The molecule has 0 aliphatic heterocycles. The standard InChI is InChI=1S/2C22H27ClFN7O5S/c2*1-12(18(34-2)19-25-8-14(23)9-26-19)37(32,33)10-16-29-30-20(15-6-5-13(15)7-24)31(16)17-21(35-3)27-11-28-22(17)36-4/h2*8-9,11-13,15,18H,5-7,10H2,1-4H3/t12-,13+,15-,18-;12-,13-,15+,18-/m00/s1. The molecule has 8 rings (SSSR count). The maximum absolute atomic E-state index is 13.6. The fourth-order valence-electron chi connectivity index (χ4n) is 8.63. The first-order valence-corrected chi connectivity index (χ1v) is 27.0. The minimum atomic E-state index is -3.93. The zero-order chi connectivity index (χ0) is 53.5. The van der Waals surface area contributed by atoms with E-state index < -0.39 is 67.2 Å². The van der Waals surface area contributed by atoms with Crippen LogP contribution >= 0.6 is 23.2 Å². The van der Waals surface area contributed by atoms with E-state index in [1.54, 1.807) is 0 Å². The first-order valence-electron chi connectivity index (χ1n) is 22.8. The molecule has 0 N–H and O–H groups in total. The van der Waals surface area contributed by atoms with E-state index in [0.717, 1.165) is 0 Å². The van der Waals surface area contributed by atoms with Gasteiger partial charge in [0.2, 0.25) is 23.5 Å². The van der Waals surface area contributed by atoms with Gasteiger partial charge in [0.15, 0.2) is 54.3 Å². The molecule has 30 heteroatoms. The van der Waals surface area contributed by atoms with Crippen molar-refractivity contribution in [2.24, 2.45) is 11.8 Å². The molecule has 0 amide bonds. The highest BCUT2D eigenvalue weighted by molar-refractivity contribution is 7.91. The Morgan fingerprint density at radius 2 is 0.865 bits per heavy atom. The molecule has 0 unspecified atom stereocenters. The summed E-state index contributed by atoms with van der Waals surface area (Å²) in [6.45, 7) is 1.94. The lowest BCUT2D eigenvalue weighted by Crippen LogP contribution is -2.31. The maximum atomic E-state index is 13.6. The van der Waals surface area contributed by atoms with Gasteiger partial charge in [0.1, 0.15) is 48.0 Å². The van der Waals surface area contributed by atoms with E-state index in [1.807, 2.05) is 0 Å². The first kappa shape index (κ1) is 55.8. The zero-order valence-electron chi connectivity index (χ0n) is 41.4. The molecule has 0 radical (unpaired) electrons. The fraction of sp³-hybridized carbons (Fsp3) is 0.545. The fourth-order valence-corrected chi connectivity index (χ4v) is 11.7. The Morgan fingerprint density at radius 3 is 1.12 bits per heavy atom. The van der Waals surface area contributed by atoms with Crippen LogP contribution in [0.4, 0.5) is 8.78 Å². The maximum Gasteiger partial charge on any atom is 0.245 e. The summed E-state index contributed by atoms with van der Waals surface area (Å²) in [4.78, 5) is 33.0. The van der Waals surface area contributed by atoms with Gasteiger partial charge in [-0.3, -0.25) is 17.9 Å². The topological polar surface area (TPSA) is 288 Å². The van der Waals surface area contributed by atoms with E-state index in [4.69, 9.17) is 51.6 Å². The van der Waals surface area contributed by atoms with E-state index >= 15 is 0 Å². The van der Waals surface area contributed by atoms with Crippen LogP contribution in [0.5, 0.6) is 23.5 Å². The smallest absolute Gasteiger partial charge is 0.245 e. The van der Waals surface area contributed by atoms with Crippen molar-refractivity contribution in [3.8, 4) is 34.9 Å². The molecule has 2 fully saturated rings. The summed E-state index contributed by atoms with van der Waals surface area (Å²) >= 11 is 11.7. The third-order valence-electron chi connectivity index (χ3n) is 13.1. The summed E-state index contributed by atoms with van der Waals surface area (Å²) in [7, 11) is 0.543. The molecule has 400 valence electrons. The number of hydrogen-bond donors (Lipinski definition) is 0. The predicted octanol–water partition coefficient (Wildman–Crippen LogP) is 5.34. The van der Waals surface area contributed by atoms with Crippen molar-refractivity contribution in [2.45, 2.75) is 85.6 Å². The lowest BCUT2D eigenvalue weighted by atomic mass is 9.74. The Labute approximate surface area is 435 Å². The molecule has 8 atom stereocenters. The average Bonchev–Trinajstić information content (AvgIpc) is 3.96. The zero-order valence-corrected chi connectivity index (χ0v) is 44.6. The molecule has 0 saturated heterocycles. The Morgan fingerprint density at radius 1 is 0.541 bits per heavy atom. The van der Waals surface area contributed by atoms with Crippen LogP contribution in [0, 0.1) is 11.8 Å². The van der Waals surface area contributed by atoms with Gasteiger partial charge in [-0.15, -0.1) is 20.4 Å². The lowest BCUT2D eigenvalue weighted by molar-refractivity contribution is 0.0947. The van der Waals surface area contributed by atoms with Crippen molar-refractivity contribution in [1.29, 1.82) is 0 Å². The van der Waals surface area contributed by atoms with Crippen molar-refractivity contribution < 1.29 is 54.0 Å². The molecule has 6 aromatic heterocycles. The number of halogens is 4. The highest BCUT2D eigenvalue weighted by Gasteiger charge is 2.42. The second-order valence-electron chi connectivity index (χ2n) is 17.2. The predicted molar refractivity (Wildman–Crippen MR) is 261 cm³/mol. The summed E-state index contributed by atoms with van der Waals surface area (Å²) < 4.78 is 117. The van der Waals surface area contributed by atoms with Crippen molar-refractivity contribution in [3.63, 3.8) is 0 Å². The number of aromatic nitrogens is 14. The van der Waals surface area contributed by atoms with Crippen LogP contribution in [0.15, 0.2) is 37.4 Å². The minimum Gasteiger partial charge on any atom is -0.479 e. The molecule has 6 aromatic rings. The molecule has 6 heterocycles. The lowest BCUT2D eigenvalue weighted by Gasteiger charge is -2.34. The Balaban J connectivity index is 0.000000216. The second kappa shape index (κ2) is 24.2. The number of sulfone groups is 2. The Kier molecular flexibility index (Phi) is 18.2. The van der Waals surface area contributed by atoms with E-state index in [9.17, 15) is 25.6 Å². The largest absolute Gasteiger partial charge is 0.479 e. The molecule has 2 aliphatic rings. The third kappa shape index (κ3) is 11.5. The van der Waals surface area contributed by atoms with Crippen LogP contribution in [0.2, 0.25) is 10.0 Å². The molecule has 0 spiro atoms. The summed E-state index contributed by atoms with van der Waals surface area (Å²) in [5, 5.41) is 15.5. The van der Waals surface area contributed by atoms with Gasteiger partial charge in [0.05, 0.1) is 62.3 Å². The third-order valence-corrected chi connectivity index (χ3v) is 17.6. The van der Waals surface area contributed by atoms with E-state index in [1.165, 1.54) is 103 Å². The minimum absolute atomic E-state index is 0.0737. The van der Waals surface area contributed by atoms with E-state index in [0.29, 0.717) is 47.4 Å². The number of alkyl halides is 2. The summed E-state index contributed by atoms with van der Waals surface area (Å²) in [5.41, 5.74) is 0.471. The molecule has 24 nitrogen and oxygen atoms in total. The Hall–Kier alpha value is -5.94. The Bertz CT molecular complexity index is 2840. The molecule has 0 aromatic carbocycles. The summed E-state index contributed by atoms with van der Waals surface area (Å²) in [6.07, 6.45) is 8.77. The van der Waals surface area contributed by atoms with E-state index in [-0.39, 0.29) is 81.9 Å². The van der Waals surface area contributed by atoms with Gasteiger partial charge in [-0.05, 0) is 51.4 Å². The van der Waals surface area contributed by atoms with Gasteiger partial charge in [0, 0.05) is 50.8 Å². The highest BCUT2D eigenvalue weighted by atomic mass is 35.5. The molecular formula is C44H54Cl2F2N14O10S2. The summed E-state index contributed by atoms with van der Waals surface area (Å²) in [6, 6.07) is 0. The number of nitrogens with zero attached hydrogens (tertiary/aromatic N) is 14. The van der Waals surface area contributed by atoms with Gasteiger partial charge in [0.25, 0.3) is 0 Å². The van der Waals surface area contributed by atoms with Gasteiger partial charge in [-0.1, -0.05) is 23.2 Å². The van der Waals surface area contributed by atoms with Gasteiger partial charge < -0.3 is 28.4 Å². The molecule has 2 saturated carbocycles. The van der Waals surface area contributed by atoms with Crippen molar-refractivity contribution in [2.75, 3.05) is 56.0 Å². The number of hydrogen-bond acceptors (Lipinski definition) is 22. The molecule has 74 heavy (non-hydrogen) atoms. The van der Waals surface area contributed by atoms with Crippen molar-refractivity contribution >= 4 is 42.9 Å². The van der Waals surface area contributed by atoms with E-state index in [2.05, 4.69) is 60.3 Å². The van der Waals surface area contributed by atoms with Crippen LogP contribution in [-0.4, -0.2) is 153 Å². The number of methoxy groups -OCH3 is 6. The summed E-state index contributed by atoms with van der Waals surface area (Å²) in [5.74, 6) is -0.327. The number of ether oxygens (including phenoxy) is 6. The quantitative estimate of drug-likeness (QED) is 0.0828. The van der Waals surface area contributed by atoms with Gasteiger partial charge >= 0.3 is 0 Å². The molecule has 0 bridgehead atoms. The number of rotatable bonds is 22. The van der Waals surface area contributed by atoms with Crippen LogP contribution in [-0.2, 0) is 40.7 Å². The first-order chi connectivity index (χ1) is 35.5. The SMILES string of the molecule is COc1ncnc(OC)c1-n1c(CS(=O)(=O)[C@@H](C)[C@H](OC)c2ncc(Cl)cn2)nnc1[C@@H]1CC[C@H]1CF.COc1ncnc(OC)c1-n1c(CS(=O)(=O)[C@@H](C)[C@H](OC)c2ncc(Cl)cn2)nnc1[C@H]1CC[C@@H]1CF. The van der Waals surface area contributed by atoms with Crippen LogP contribution < -0.4 is 18.9 Å². The van der Waals surface area contributed by atoms with Gasteiger partial charge in [-0.2, -0.15) is 19.9 Å². The second-order valence-corrected chi connectivity index (χ2v) is 22.7. The van der Waals surface area contributed by atoms with Gasteiger partial charge in [-0.25, -0.2) is 36.8 Å². The average molecular weight is 1110 g/mol. The van der Waals surface area contributed by atoms with Crippen molar-refractivity contribution in [1.82, 2.24) is 69.4 Å². The monoisotopic (exact) mass is 1110 g/mol. The van der Waals surface area contributed by atoms with Crippen LogP contribution in [0.25, 0.3) is 11.4 Å². The molecular weight excluding hydrogens is 1060 g/mol. The van der Waals surface area contributed by atoms with Crippen LogP contribution in [0.1, 0.15) is 98.5 Å². The normalized spacial score (nSPS) is 19.2. The highest BCUT2D eigenvalue weighted by Crippen LogP contribution is 2.46.